The van der Waals surface area contributed by atoms with Gasteiger partial charge in [-0.1, -0.05) is 17.7 Å². The highest BCUT2D eigenvalue weighted by Crippen LogP contribution is 2.40. The number of hydrogen-bond acceptors (Lipinski definition) is 6. The van der Waals surface area contributed by atoms with Crippen LogP contribution in [0.3, 0.4) is 0 Å². The number of ether oxygens (including phenoxy) is 1. The Kier molecular flexibility index (Phi) is 8.78. The van der Waals surface area contributed by atoms with E-state index in [0.29, 0.717) is 27.4 Å². The molecule has 0 aromatic carbocycles. The molecule has 1 fully saturated rings. The molecule has 1 spiro atoms. The van der Waals surface area contributed by atoms with Crippen molar-refractivity contribution in [2.75, 3.05) is 33.7 Å². The fourth-order valence-corrected chi connectivity index (χ4v) is 4.69. The minimum atomic E-state index is -0.580. The molecular formula is C22H33BrClN5O4. The van der Waals surface area contributed by atoms with Crippen LogP contribution in [0.15, 0.2) is 27.1 Å². The maximum absolute atomic E-state index is 12.5. The number of nitrogens with two attached hydrogens (primary N) is 1. The van der Waals surface area contributed by atoms with E-state index in [1.54, 1.807) is 29.5 Å². The van der Waals surface area contributed by atoms with Gasteiger partial charge in [-0.05, 0) is 56.7 Å². The third-order valence-electron chi connectivity index (χ3n) is 5.57. The number of aromatic nitrogens is 1. The molecule has 9 nitrogen and oxygen atoms in total. The lowest BCUT2D eigenvalue weighted by Gasteiger charge is -2.43. The number of amides is 2. The number of piperidine rings is 1. The van der Waals surface area contributed by atoms with Crippen LogP contribution in [0.2, 0.25) is 5.02 Å². The monoisotopic (exact) mass is 545 g/mol. The lowest BCUT2D eigenvalue weighted by molar-refractivity contribution is 0.0106. The fourth-order valence-electron chi connectivity index (χ4n) is 3.88. The van der Waals surface area contributed by atoms with Gasteiger partial charge in [-0.25, -0.2) is 4.79 Å². The van der Waals surface area contributed by atoms with Gasteiger partial charge >= 0.3 is 6.09 Å². The van der Waals surface area contributed by atoms with Crippen LogP contribution in [0.4, 0.5) is 4.79 Å². The smallest absolute Gasteiger partial charge is 0.411 e. The molecule has 2 aliphatic rings. The van der Waals surface area contributed by atoms with Crippen molar-refractivity contribution < 1.29 is 14.3 Å². The molecule has 1 aromatic rings. The summed E-state index contributed by atoms with van der Waals surface area (Å²) in [5.41, 5.74) is 5.05. The highest BCUT2D eigenvalue weighted by molar-refractivity contribution is 9.10. The van der Waals surface area contributed by atoms with E-state index in [2.05, 4.69) is 26.1 Å². The Morgan fingerprint density at radius 1 is 1.30 bits per heavy atom. The van der Waals surface area contributed by atoms with Crippen LogP contribution in [0, 0.1) is 0 Å². The molecule has 1 aromatic heterocycles. The summed E-state index contributed by atoms with van der Waals surface area (Å²) in [7, 11) is 3.80. The maximum atomic E-state index is 12.5. The van der Waals surface area contributed by atoms with Gasteiger partial charge in [0.25, 0.3) is 11.5 Å². The molecule has 2 aliphatic heterocycles. The number of halogens is 2. The Morgan fingerprint density at radius 2 is 1.88 bits per heavy atom. The molecule has 1 saturated heterocycles. The van der Waals surface area contributed by atoms with Crippen LogP contribution in [-0.2, 0) is 10.4 Å². The summed E-state index contributed by atoms with van der Waals surface area (Å²) < 4.78 is 7.01. The molecule has 0 unspecified atom stereocenters. The third kappa shape index (κ3) is 6.17. The molecule has 0 saturated carbocycles. The van der Waals surface area contributed by atoms with E-state index < -0.39 is 17.4 Å². The van der Waals surface area contributed by atoms with Crippen LogP contribution in [0.1, 0.15) is 51.0 Å². The number of allylic oxidation sites excluding steroid dienone is 1. The summed E-state index contributed by atoms with van der Waals surface area (Å²) in [6.45, 7) is 9.29. The van der Waals surface area contributed by atoms with Gasteiger partial charge in [0.2, 0.25) is 0 Å². The van der Waals surface area contributed by atoms with E-state index in [0.717, 1.165) is 25.9 Å². The maximum Gasteiger partial charge on any atom is 0.411 e. The minimum Gasteiger partial charge on any atom is -0.444 e. The zero-order valence-electron chi connectivity index (χ0n) is 20.0. The van der Waals surface area contributed by atoms with Gasteiger partial charge in [0.05, 0.1) is 9.50 Å². The number of likely N-dealkylation sites (tertiary alicyclic amines) is 1. The summed E-state index contributed by atoms with van der Waals surface area (Å²) in [6.07, 6.45) is 2.72. The van der Waals surface area contributed by atoms with E-state index in [-0.39, 0.29) is 11.5 Å². The molecule has 3 heterocycles. The number of carbonyl (C=O) groups is 2. The van der Waals surface area contributed by atoms with Crippen molar-refractivity contribution >= 4 is 39.5 Å². The van der Waals surface area contributed by atoms with Gasteiger partial charge in [-0.2, -0.15) is 0 Å². The van der Waals surface area contributed by atoms with Crippen molar-refractivity contribution in [3.8, 4) is 0 Å². The quantitative estimate of drug-likeness (QED) is 0.590. The van der Waals surface area contributed by atoms with Crippen molar-refractivity contribution in [1.29, 1.82) is 0 Å². The summed E-state index contributed by atoms with van der Waals surface area (Å²) >= 11 is 9.43. The second kappa shape index (κ2) is 10.6. The van der Waals surface area contributed by atoms with Gasteiger partial charge in [0, 0.05) is 45.2 Å². The topological polar surface area (TPSA) is 110 Å². The summed E-state index contributed by atoms with van der Waals surface area (Å²) in [6, 6.07) is 1.51. The third-order valence-corrected chi connectivity index (χ3v) is 6.42. The van der Waals surface area contributed by atoms with Crippen LogP contribution >= 0.6 is 27.5 Å². The Morgan fingerprint density at radius 3 is 2.39 bits per heavy atom. The van der Waals surface area contributed by atoms with Gasteiger partial charge in [-0.3, -0.25) is 19.5 Å². The lowest BCUT2D eigenvalue weighted by Crippen LogP contribution is -2.54. The van der Waals surface area contributed by atoms with Gasteiger partial charge < -0.3 is 20.3 Å². The molecule has 0 aliphatic carbocycles. The van der Waals surface area contributed by atoms with Crippen molar-refractivity contribution in [3.05, 3.63) is 43.4 Å². The Balaban J connectivity index is 0.000000260. The van der Waals surface area contributed by atoms with Crippen molar-refractivity contribution in [2.45, 2.75) is 51.8 Å². The number of hydrogen-bond donors (Lipinski definition) is 2. The number of carbonyl (C=O) groups excluding carboxylic acids is 2. The number of alkyl carbamates (subject to hydrolysis) is 1. The molecule has 3 N–H and O–H groups in total. The Hall–Kier alpha value is -1.88. The van der Waals surface area contributed by atoms with E-state index in [4.69, 9.17) is 22.1 Å². The first kappa shape index (κ1) is 27.4. The summed E-state index contributed by atoms with van der Waals surface area (Å²) in [5.74, 6) is -0.177. The Labute approximate surface area is 208 Å². The van der Waals surface area contributed by atoms with Gasteiger partial charge in [0.1, 0.15) is 17.0 Å². The average molecular weight is 547 g/mol. The summed E-state index contributed by atoms with van der Waals surface area (Å²) in [5, 5.41) is 2.88. The van der Waals surface area contributed by atoms with E-state index in [9.17, 15) is 14.4 Å². The molecule has 11 heteroatoms. The molecular weight excluding hydrogens is 514 g/mol. The number of fused-ring (bicyclic) bond motifs is 2. The first-order valence-corrected chi connectivity index (χ1v) is 11.9. The summed E-state index contributed by atoms with van der Waals surface area (Å²) in [4.78, 5) is 40.0. The molecule has 0 radical (unpaired) electrons. The second-order valence-corrected chi connectivity index (χ2v) is 10.5. The molecule has 2 amide bonds. The second-order valence-electron chi connectivity index (χ2n) is 9.23. The van der Waals surface area contributed by atoms with E-state index >= 15 is 0 Å². The average Bonchev–Trinajstić information content (AvgIpc) is 2.90. The van der Waals surface area contributed by atoms with Crippen LogP contribution in [0.5, 0.6) is 0 Å². The van der Waals surface area contributed by atoms with E-state index in [1.165, 1.54) is 6.07 Å². The SMILES string of the molecule is C/C(=C\CN)NC(=O)OC(C)(C)C.CN1CCC2(CC1)N(C)C(=O)c1c(Cl)cc(Br)c(=O)n12. The van der Waals surface area contributed by atoms with Crippen molar-refractivity contribution in [3.63, 3.8) is 0 Å². The molecule has 0 atom stereocenters. The standard InChI is InChI=1S/C13H15BrClN3O2.C9H18N2O2/c1-16-5-3-13(4-6-16)17(2)12(20)10-9(15)7-8(14)11(19)18(10)13;1-7(5-6-10)11-8(12)13-9(2,3)4/h7H,3-6H2,1-2H3;5H,6,10H2,1-4H3,(H,11,12)/b;7-5+. The first-order chi connectivity index (χ1) is 15.2. The number of nitrogens with zero attached hydrogens (tertiary/aromatic N) is 3. The number of nitrogens with one attached hydrogen (secondary N) is 1. The highest BCUT2D eigenvalue weighted by Gasteiger charge is 2.50. The zero-order chi connectivity index (χ0) is 25.1. The first-order valence-electron chi connectivity index (χ1n) is 10.7. The normalized spacial score (nSPS) is 18.0. The lowest BCUT2D eigenvalue weighted by atomic mass is 9.96. The van der Waals surface area contributed by atoms with E-state index in [1.807, 2.05) is 27.8 Å². The highest BCUT2D eigenvalue weighted by atomic mass is 79.9. The zero-order valence-corrected chi connectivity index (χ0v) is 22.3. The van der Waals surface area contributed by atoms with Crippen LogP contribution in [0.25, 0.3) is 0 Å². The van der Waals surface area contributed by atoms with Crippen molar-refractivity contribution in [1.82, 2.24) is 19.7 Å². The fraction of sp³-hybridized carbons (Fsp3) is 0.591. The predicted molar refractivity (Wildman–Crippen MR) is 132 cm³/mol. The van der Waals surface area contributed by atoms with Crippen molar-refractivity contribution in [2.24, 2.45) is 5.73 Å². The molecule has 33 heavy (non-hydrogen) atoms. The largest absolute Gasteiger partial charge is 0.444 e. The van der Waals surface area contributed by atoms with Gasteiger partial charge in [0.15, 0.2) is 0 Å². The molecule has 184 valence electrons. The Bertz CT molecular complexity index is 994. The van der Waals surface area contributed by atoms with Crippen LogP contribution < -0.4 is 16.6 Å². The number of pyridine rings is 1. The molecule has 3 rings (SSSR count). The number of rotatable bonds is 2. The van der Waals surface area contributed by atoms with Crippen LogP contribution in [-0.4, -0.2) is 65.7 Å². The minimum absolute atomic E-state index is 0.177. The molecule has 0 bridgehead atoms. The van der Waals surface area contributed by atoms with Gasteiger partial charge in [-0.15, -0.1) is 0 Å². The predicted octanol–water partition coefficient (Wildman–Crippen LogP) is 3.10.